The number of H-pyrrole nitrogens is 1. The van der Waals surface area contributed by atoms with Gasteiger partial charge in [0.1, 0.15) is 5.69 Å². The molecular weight excluding hydrogens is 272 g/mol. The third-order valence-electron chi connectivity index (χ3n) is 5.44. The molecule has 2 aromatic rings. The van der Waals surface area contributed by atoms with Gasteiger partial charge in [0.05, 0.1) is 0 Å². The van der Waals surface area contributed by atoms with Crippen LogP contribution in [0.15, 0.2) is 30.3 Å². The number of nitrogens with zero attached hydrogens (tertiary/aromatic N) is 1. The summed E-state index contributed by atoms with van der Waals surface area (Å²) in [5, 5.41) is 1.11. The number of fused-ring (bicyclic) bond motifs is 3. The predicted molar refractivity (Wildman–Crippen MR) is 88.9 cm³/mol. The van der Waals surface area contributed by atoms with Crippen molar-refractivity contribution >= 4 is 16.8 Å². The Balaban J connectivity index is 1.66. The fourth-order valence-corrected chi connectivity index (χ4v) is 5.04. The van der Waals surface area contributed by atoms with Crippen molar-refractivity contribution in [3.05, 3.63) is 36.0 Å². The summed E-state index contributed by atoms with van der Waals surface area (Å²) in [4.78, 5) is 18.4. The van der Waals surface area contributed by atoms with Gasteiger partial charge in [-0.05, 0) is 42.2 Å². The van der Waals surface area contributed by atoms with Gasteiger partial charge in [0.25, 0.3) is 5.91 Å². The minimum atomic E-state index is 0.169. The van der Waals surface area contributed by atoms with E-state index in [-0.39, 0.29) is 11.3 Å². The van der Waals surface area contributed by atoms with Gasteiger partial charge in [0, 0.05) is 23.5 Å². The predicted octanol–water partition coefficient (Wildman–Crippen LogP) is 4.21. The van der Waals surface area contributed by atoms with Gasteiger partial charge in [-0.1, -0.05) is 39.0 Å². The van der Waals surface area contributed by atoms with Crippen LogP contribution in [0.2, 0.25) is 0 Å². The number of para-hydroxylation sites is 1. The van der Waals surface area contributed by atoms with Crippen molar-refractivity contribution < 1.29 is 4.79 Å². The van der Waals surface area contributed by atoms with Gasteiger partial charge in [-0.2, -0.15) is 0 Å². The third-order valence-corrected chi connectivity index (χ3v) is 5.44. The Hall–Kier alpha value is -1.77. The van der Waals surface area contributed by atoms with E-state index in [1.807, 2.05) is 24.3 Å². The molecule has 1 N–H and O–H groups in total. The number of carbonyl (C=O) groups excluding carboxylic acids is 1. The molecule has 2 heterocycles. The summed E-state index contributed by atoms with van der Waals surface area (Å²) in [5.41, 5.74) is 2.40. The lowest BCUT2D eigenvalue weighted by atomic mass is 9.65. The number of amides is 1. The van der Waals surface area contributed by atoms with Crippen LogP contribution >= 0.6 is 0 Å². The Morgan fingerprint density at radius 1 is 1.23 bits per heavy atom. The van der Waals surface area contributed by atoms with Crippen molar-refractivity contribution in [2.24, 2.45) is 10.8 Å². The summed E-state index contributed by atoms with van der Waals surface area (Å²) in [7, 11) is 0. The molecule has 3 heteroatoms. The van der Waals surface area contributed by atoms with Gasteiger partial charge in [-0.3, -0.25) is 4.79 Å². The molecule has 1 aromatic heterocycles. The molecular formula is C19H24N2O. The van der Waals surface area contributed by atoms with Crippen LogP contribution in [0.4, 0.5) is 0 Å². The highest BCUT2D eigenvalue weighted by Crippen LogP contribution is 2.52. The molecule has 1 amide bonds. The van der Waals surface area contributed by atoms with Crippen LogP contribution in [0.5, 0.6) is 0 Å². The van der Waals surface area contributed by atoms with E-state index in [1.165, 1.54) is 6.42 Å². The van der Waals surface area contributed by atoms with Crippen molar-refractivity contribution in [1.29, 1.82) is 0 Å². The monoisotopic (exact) mass is 296 g/mol. The average Bonchev–Trinajstić information content (AvgIpc) is 2.95. The number of nitrogens with one attached hydrogen (secondary N) is 1. The number of carbonyl (C=O) groups is 1. The van der Waals surface area contributed by atoms with E-state index in [1.54, 1.807) is 0 Å². The fraction of sp³-hybridized carbons (Fsp3) is 0.526. The highest BCUT2D eigenvalue weighted by molar-refractivity contribution is 5.98. The number of hydrogen-bond acceptors (Lipinski definition) is 1. The van der Waals surface area contributed by atoms with Gasteiger partial charge >= 0.3 is 0 Å². The molecule has 116 valence electrons. The van der Waals surface area contributed by atoms with Crippen molar-refractivity contribution in [3.63, 3.8) is 0 Å². The topological polar surface area (TPSA) is 36.1 Å². The van der Waals surface area contributed by atoms with Gasteiger partial charge in [-0.15, -0.1) is 0 Å². The molecule has 1 aliphatic carbocycles. The summed E-state index contributed by atoms with van der Waals surface area (Å²) < 4.78 is 0. The highest BCUT2D eigenvalue weighted by Gasteiger charge is 2.51. The standard InChI is InChI=1S/C19H24N2O/c1-18(2)9-14-10-19(3,11-18)12-21(14)17(22)16-8-13-6-4-5-7-15(13)20-16/h4-8,14,20H,9-12H2,1-3H3/t14-,19-/m1/s1. The van der Waals surface area contributed by atoms with Crippen molar-refractivity contribution in [1.82, 2.24) is 9.88 Å². The van der Waals surface area contributed by atoms with Gasteiger partial charge in [0.2, 0.25) is 0 Å². The minimum Gasteiger partial charge on any atom is -0.351 e. The number of rotatable bonds is 1. The van der Waals surface area contributed by atoms with Gasteiger partial charge < -0.3 is 9.88 Å². The van der Waals surface area contributed by atoms with E-state index in [2.05, 4.69) is 36.7 Å². The summed E-state index contributed by atoms with van der Waals surface area (Å²) >= 11 is 0. The van der Waals surface area contributed by atoms with Crippen LogP contribution in [-0.4, -0.2) is 28.4 Å². The molecule has 0 radical (unpaired) electrons. The Morgan fingerprint density at radius 2 is 2.00 bits per heavy atom. The zero-order chi connectivity index (χ0) is 15.5. The molecule has 0 unspecified atom stereocenters. The third kappa shape index (κ3) is 2.15. The van der Waals surface area contributed by atoms with Crippen LogP contribution < -0.4 is 0 Å². The maximum Gasteiger partial charge on any atom is 0.270 e. The minimum absolute atomic E-state index is 0.169. The maximum atomic E-state index is 13.0. The van der Waals surface area contributed by atoms with E-state index >= 15 is 0 Å². The van der Waals surface area contributed by atoms with Crippen LogP contribution in [-0.2, 0) is 0 Å². The van der Waals surface area contributed by atoms with Crippen LogP contribution in [0, 0.1) is 10.8 Å². The Bertz CT molecular complexity index is 712. The van der Waals surface area contributed by atoms with Crippen molar-refractivity contribution in [2.75, 3.05) is 6.54 Å². The first-order valence-electron chi connectivity index (χ1n) is 8.24. The van der Waals surface area contributed by atoms with Crippen LogP contribution in [0.25, 0.3) is 10.9 Å². The van der Waals surface area contributed by atoms with E-state index in [9.17, 15) is 4.79 Å². The Labute approximate surface area is 131 Å². The lowest BCUT2D eigenvalue weighted by Crippen LogP contribution is -2.37. The molecule has 2 atom stereocenters. The summed E-state index contributed by atoms with van der Waals surface area (Å²) in [6.45, 7) is 7.93. The first-order valence-corrected chi connectivity index (χ1v) is 8.24. The molecule has 1 aromatic carbocycles. The molecule has 1 aliphatic heterocycles. The zero-order valence-corrected chi connectivity index (χ0v) is 13.6. The quantitative estimate of drug-likeness (QED) is 0.841. The number of hydrogen-bond donors (Lipinski definition) is 1. The van der Waals surface area contributed by atoms with Crippen molar-refractivity contribution in [2.45, 2.75) is 46.1 Å². The SMILES string of the molecule is CC1(C)C[C@@H]2C[C@@](C)(CN2C(=O)c2cc3ccccc3[nH]2)C1. The first-order chi connectivity index (χ1) is 10.4. The average molecular weight is 296 g/mol. The second kappa shape index (κ2) is 4.37. The normalized spacial score (nSPS) is 30.0. The van der Waals surface area contributed by atoms with E-state index in [0.717, 1.165) is 36.0 Å². The first kappa shape index (κ1) is 13.9. The van der Waals surface area contributed by atoms with Crippen LogP contribution in [0.3, 0.4) is 0 Å². The Morgan fingerprint density at radius 3 is 2.77 bits per heavy atom. The molecule has 3 nitrogen and oxygen atoms in total. The number of aromatic nitrogens is 1. The molecule has 4 rings (SSSR count). The largest absolute Gasteiger partial charge is 0.351 e. The summed E-state index contributed by atoms with van der Waals surface area (Å²) in [6, 6.07) is 10.5. The van der Waals surface area contributed by atoms with Gasteiger partial charge in [-0.25, -0.2) is 0 Å². The lowest BCUT2D eigenvalue weighted by Gasteiger charge is -2.39. The van der Waals surface area contributed by atoms with E-state index in [4.69, 9.17) is 0 Å². The van der Waals surface area contributed by atoms with E-state index < -0.39 is 0 Å². The smallest absolute Gasteiger partial charge is 0.270 e. The molecule has 0 spiro atoms. The highest BCUT2D eigenvalue weighted by atomic mass is 16.2. The number of aromatic amines is 1. The second-order valence-electron chi connectivity index (χ2n) is 8.42. The van der Waals surface area contributed by atoms with Gasteiger partial charge in [0.15, 0.2) is 0 Å². The summed E-state index contributed by atoms with van der Waals surface area (Å²) in [5.74, 6) is 0.169. The molecule has 1 saturated heterocycles. The molecule has 2 bridgehead atoms. The molecule has 22 heavy (non-hydrogen) atoms. The zero-order valence-electron chi connectivity index (χ0n) is 13.6. The number of likely N-dealkylation sites (tertiary alicyclic amines) is 1. The summed E-state index contributed by atoms with van der Waals surface area (Å²) in [6.07, 6.45) is 3.49. The fourth-order valence-electron chi connectivity index (χ4n) is 5.04. The molecule has 2 aliphatic rings. The second-order valence-corrected chi connectivity index (χ2v) is 8.42. The molecule has 2 fully saturated rings. The van der Waals surface area contributed by atoms with Crippen LogP contribution in [0.1, 0.15) is 50.5 Å². The van der Waals surface area contributed by atoms with E-state index in [0.29, 0.717) is 11.5 Å². The number of benzene rings is 1. The molecule has 1 saturated carbocycles. The lowest BCUT2D eigenvalue weighted by molar-refractivity contribution is 0.0703. The Kier molecular flexibility index (Phi) is 2.76. The van der Waals surface area contributed by atoms with Crippen molar-refractivity contribution in [3.8, 4) is 0 Å². The maximum absolute atomic E-state index is 13.0.